The van der Waals surface area contributed by atoms with Gasteiger partial charge in [-0.25, -0.2) is 9.79 Å². The van der Waals surface area contributed by atoms with Crippen molar-refractivity contribution in [3.63, 3.8) is 0 Å². The third-order valence-corrected chi connectivity index (χ3v) is 9.12. The van der Waals surface area contributed by atoms with Crippen molar-refractivity contribution in [1.29, 1.82) is 0 Å². The van der Waals surface area contributed by atoms with Crippen LogP contribution in [0.15, 0.2) is 68.4 Å². The van der Waals surface area contributed by atoms with Gasteiger partial charge >= 0.3 is 5.97 Å². The molecular weight excluding hydrogens is 599 g/mol. The van der Waals surface area contributed by atoms with Gasteiger partial charge in [0, 0.05) is 18.0 Å². The van der Waals surface area contributed by atoms with Gasteiger partial charge in [0.05, 0.1) is 34.6 Å². The first kappa shape index (κ1) is 31.6. The Morgan fingerprint density at radius 1 is 1.09 bits per heavy atom. The third-order valence-electron chi connectivity index (χ3n) is 7.39. The van der Waals surface area contributed by atoms with Crippen LogP contribution >= 0.6 is 23.1 Å². The van der Waals surface area contributed by atoms with Crippen LogP contribution in [0.1, 0.15) is 57.7 Å². The molecule has 2 aromatic carbocycles. The molecule has 0 aliphatic carbocycles. The molecule has 0 radical (unpaired) electrons. The molecule has 11 heteroatoms. The molecule has 44 heavy (non-hydrogen) atoms. The zero-order valence-corrected chi connectivity index (χ0v) is 27.3. The van der Waals surface area contributed by atoms with E-state index in [1.165, 1.54) is 11.3 Å². The number of allylic oxidation sites excluding steroid dienone is 1. The van der Waals surface area contributed by atoms with Gasteiger partial charge in [0.25, 0.3) is 11.5 Å². The largest absolute Gasteiger partial charge is 0.490 e. The first-order chi connectivity index (χ1) is 21.2. The smallest absolute Gasteiger partial charge is 0.338 e. The normalized spacial score (nSPS) is 16.6. The van der Waals surface area contributed by atoms with Gasteiger partial charge in [0.15, 0.2) is 22.9 Å². The quantitative estimate of drug-likeness (QED) is 0.242. The summed E-state index contributed by atoms with van der Waals surface area (Å²) in [5.41, 5.74) is 2.13. The lowest BCUT2D eigenvalue weighted by atomic mass is 9.96. The number of amides is 1. The molecule has 5 rings (SSSR count). The van der Waals surface area contributed by atoms with E-state index in [9.17, 15) is 14.4 Å². The molecule has 3 aromatic rings. The van der Waals surface area contributed by atoms with Crippen molar-refractivity contribution in [3.05, 3.63) is 84.5 Å². The van der Waals surface area contributed by atoms with Crippen LogP contribution in [0.5, 0.6) is 11.5 Å². The van der Waals surface area contributed by atoms with Gasteiger partial charge in [-0.1, -0.05) is 29.5 Å². The minimum Gasteiger partial charge on any atom is -0.490 e. The Morgan fingerprint density at radius 3 is 2.48 bits per heavy atom. The van der Waals surface area contributed by atoms with Gasteiger partial charge in [0.1, 0.15) is 0 Å². The molecule has 0 saturated carbocycles. The average Bonchev–Trinajstić information content (AvgIpc) is 3.64. The van der Waals surface area contributed by atoms with Crippen molar-refractivity contribution >= 4 is 41.1 Å². The molecule has 2 aliphatic rings. The van der Waals surface area contributed by atoms with E-state index in [1.54, 1.807) is 55.3 Å². The number of likely N-dealkylation sites (tertiary alicyclic amines) is 1. The predicted octanol–water partition coefficient (Wildman–Crippen LogP) is 4.31. The Kier molecular flexibility index (Phi) is 9.95. The number of ether oxygens (including phenoxy) is 3. The number of carbonyl (C=O) groups is 2. The highest BCUT2D eigenvalue weighted by Gasteiger charge is 2.33. The van der Waals surface area contributed by atoms with Gasteiger partial charge < -0.3 is 19.1 Å². The lowest BCUT2D eigenvalue weighted by Gasteiger charge is -2.25. The topological polar surface area (TPSA) is 99.4 Å². The predicted molar refractivity (Wildman–Crippen MR) is 172 cm³/mol. The number of thiazole rings is 1. The van der Waals surface area contributed by atoms with Crippen LogP contribution in [-0.4, -0.2) is 60.0 Å². The number of hydrogen-bond acceptors (Lipinski definition) is 9. The van der Waals surface area contributed by atoms with Crippen molar-refractivity contribution in [2.24, 2.45) is 4.99 Å². The zero-order valence-electron chi connectivity index (χ0n) is 25.6. The Balaban J connectivity index is 1.52. The molecule has 1 fully saturated rings. The first-order valence-electron chi connectivity index (χ1n) is 14.7. The van der Waals surface area contributed by atoms with E-state index in [4.69, 9.17) is 14.2 Å². The highest BCUT2D eigenvalue weighted by molar-refractivity contribution is 7.98. The summed E-state index contributed by atoms with van der Waals surface area (Å²) in [5, 5.41) is 0. The number of benzene rings is 2. The van der Waals surface area contributed by atoms with Crippen molar-refractivity contribution < 1.29 is 23.8 Å². The summed E-state index contributed by atoms with van der Waals surface area (Å²) >= 11 is 2.88. The minimum absolute atomic E-state index is 0.0419. The zero-order chi connectivity index (χ0) is 31.4. The van der Waals surface area contributed by atoms with Crippen molar-refractivity contribution in [2.45, 2.75) is 57.6 Å². The molecule has 1 aromatic heterocycles. The third kappa shape index (κ3) is 6.78. The van der Waals surface area contributed by atoms with Crippen molar-refractivity contribution in [3.8, 4) is 11.5 Å². The van der Waals surface area contributed by atoms with Gasteiger partial charge in [-0.15, -0.1) is 11.8 Å². The first-order valence-corrected chi connectivity index (χ1v) is 16.8. The SMILES string of the molecule is CCOc1cc(/C=c2\sc3n(c2=O)[C@@H](c2ccc(SC)cc2)C(C(=O)OC(C)C)=C(C)N=3)ccc1OCC(=O)N1CCCC1. The highest BCUT2D eigenvalue weighted by atomic mass is 32.2. The van der Waals surface area contributed by atoms with E-state index in [0.29, 0.717) is 38.7 Å². The second kappa shape index (κ2) is 13.9. The highest BCUT2D eigenvalue weighted by Crippen LogP contribution is 2.32. The number of esters is 1. The van der Waals surface area contributed by atoms with Crippen LogP contribution in [-0.2, 0) is 14.3 Å². The molecule has 0 N–H and O–H groups in total. The molecular formula is C33H37N3O6S2. The summed E-state index contributed by atoms with van der Waals surface area (Å²) in [6.45, 7) is 9.12. The Morgan fingerprint density at radius 2 is 1.82 bits per heavy atom. The molecule has 1 amide bonds. The number of hydrogen-bond donors (Lipinski definition) is 0. The van der Waals surface area contributed by atoms with Gasteiger partial charge in [-0.05, 0) is 88.3 Å². The summed E-state index contributed by atoms with van der Waals surface area (Å²) in [4.78, 5) is 47.9. The maximum absolute atomic E-state index is 14.0. The fraction of sp³-hybridized carbons (Fsp3) is 0.394. The molecule has 232 valence electrons. The van der Waals surface area contributed by atoms with E-state index in [-0.39, 0.29) is 24.2 Å². The number of thioether (sulfide) groups is 1. The maximum atomic E-state index is 14.0. The van der Waals surface area contributed by atoms with E-state index >= 15 is 0 Å². The number of nitrogens with zero attached hydrogens (tertiary/aromatic N) is 3. The number of fused-ring (bicyclic) bond motifs is 1. The van der Waals surface area contributed by atoms with E-state index in [2.05, 4.69) is 4.99 Å². The minimum atomic E-state index is -0.682. The van der Waals surface area contributed by atoms with Crippen LogP contribution in [0.3, 0.4) is 0 Å². The number of rotatable bonds is 10. The Labute approximate surface area is 264 Å². The fourth-order valence-electron chi connectivity index (χ4n) is 5.31. The molecule has 0 unspecified atom stereocenters. The molecule has 2 aliphatic heterocycles. The summed E-state index contributed by atoms with van der Waals surface area (Å²) in [7, 11) is 0. The van der Waals surface area contributed by atoms with Crippen molar-refractivity contribution in [2.75, 3.05) is 32.6 Å². The van der Waals surface area contributed by atoms with Crippen LogP contribution in [0.4, 0.5) is 0 Å². The molecule has 9 nitrogen and oxygen atoms in total. The summed E-state index contributed by atoms with van der Waals surface area (Å²) < 4.78 is 19.3. The standard InChI is InChI=1S/C33H37N3O6S2/c1-6-40-26-17-22(9-14-25(26)41-19-28(37)35-15-7-8-16-35)18-27-31(38)36-30(23-10-12-24(43-5)13-11-23)29(32(39)42-20(2)3)21(4)34-33(36)44-27/h9-14,17-18,20,30H,6-8,15-16,19H2,1-5H3/b27-18-/t30-/m0/s1. The Bertz CT molecular complexity index is 1750. The lowest BCUT2D eigenvalue weighted by Crippen LogP contribution is -2.40. The van der Waals surface area contributed by atoms with Crippen LogP contribution < -0.4 is 24.4 Å². The van der Waals surface area contributed by atoms with E-state index < -0.39 is 12.0 Å². The maximum Gasteiger partial charge on any atom is 0.338 e. The molecule has 0 bridgehead atoms. The summed E-state index contributed by atoms with van der Waals surface area (Å²) in [6, 6.07) is 12.5. The number of aromatic nitrogens is 1. The number of carbonyl (C=O) groups excluding carboxylic acids is 2. The average molecular weight is 636 g/mol. The summed E-state index contributed by atoms with van der Waals surface area (Å²) in [6.07, 6.45) is 5.49. The molecule has 1 saturated heterocycles. The lowest BCUT2D eigenvalue weighted by molar-refractivity contribution is -0.143. The molecule has 3 heterocycles. The van der Waals surface area contributed by atoms with Gasteiger partial charge in [0.2, 0.25) is 0 Å². The fourth-order valence-corrected chi connectivity index (χ4v) is 6.77. The van der Waals surface area contributed by atoms with E-state index in [0.717, 1.165) is 42.0 Å². The second-order valence-corrected chi connectivity index (χ2v) is 12.7. The van der Waals surface area contributed by atoms with Crippen molar-refractivity contribution in [1.82, 2.24) is 9.47 Å². The Hall–Kier alpha value is -3.83. The van der Waals surface area contributed by atoms with Crippen LogP contribution in [0.25, 0.3) is 6.08 Å². The second-order valence-electron chi connectivity index (χ2n) is 10.8. The van der Waals surface area contributed by atoms with Gasteiger partial charge in [-0.3, -0.25) is 14.2 Å². The molecule has 0 spiro atoms. The molecule has 1 atom stereocenters. The monoisotopic (exact) mass is 635 g/mol. The summed E-state index contributed by atoms with van der Waals surface area (Å²) in [5.74, 6) is 0.426. The van der Waals surface area contributed by atoms with Crippen LogP contribution in [0, 0.1) is 0 Å². The van der Waals surface area contributed by atoms with Crippen LogP contribution in [0.2, 0.25) is 0 Å². The van der Waals surface area contributed by atoms with Gasteiger partial charge in [-0.2, -0.15) is 0 Å². The van der Waals surface area contributed by atoms with E-state index in [1.807, 2.05) is 48.4 Å².